The third-order valence-corrected chi connectivity index (χ3v) is 4.85. The van der Waals surface area contributed by atoms with Crippen molar-refractivity contribution in [2.75, 3.05) is 57.8 Å². The van der Waals surface area contributed by atoms with Crippen LogP contribution in [0.1, 0.15) is 25.7 Å². The predicted molar refractivity (Wildman–Crippen MR) is 86.5 cm³/mol. The van der Waals surface area contributed by atoms with Crippen molar-refractivity contribution < 1.29 is 9.59 Å². The minimum Gasteiger partial charge on any atom is -0.342 e. The summed E-state index contributed by atoms with van der Waals surface area (Å²) in [7, 11) is 0. The molecule has 2 aliphatic heterocycles. The number of hydrogen-bond donors (Lipinski definition) is 0. The molecule has 2 heterocycles. The first-order valence-electron chi connectivity index (χ1n) is 7.97. The maximum atomic E-state index is 12.3. The lowest BCUT2D eigenvalue weighted by molar-refractivity contribution is -0.134. The number of carbonyl (C=O) groups is 2. The van der Waals surface area contributed by atoms with Crippen molar-refractivity contribution in [1.82, 2.24) is 14.7 Å². The van der Waals surface area contributed by atoms with Crippen molar-refractivity contribution in [1.29, 1.82) is 0 Å². The SMILES string of the molecule is CSCC(=O)N1CCN(CC(=O)N2CCCCCC2)CC1. The molecule has 0 bridgehead atoms. The van der Waals surface area contributed by atoms with Gasteiger partial charge >= 0.3 is 0 Å². The van der Waals surface area contributed by atoms with Gasteiger partial charge in [-0.2, -0.15) is 11.8 Å². The Labute approximate surface area is 132 Å². The molecular weight excluding hydrogens is 286 g/mol. The predicted octanol–water partition coefficient (Wildman–Crippen LogP) is 0.896. The van der Waals surface area contributed by atoms with Crippen molar-refractivity contribution in [2.45, 2.75) is 25.7 Å². The van der Waals surface area contributed by atoms with Gasteiger partial charge in [0.15, 0.2) is 0 Å². The van der Waals surface area contributed by atoms with E-state index in [9.17, 15) is 9.59 Å². The van der Waals surface area contributed by atoms with E-state index in [1.54, 1.807) is 11.8 Å². The van der Waals surface area contributed by atoms with E-state index in [4.69, 9.17) is 0 Å². The molecular formula is C15H27N3O2S. The fraction of sp³-hybridized carbons (Fsp3) is 0.867. The normalized spacial score (nSPS) is 21.2. The second-order valence-electron chi connectivity index (χ2n) is 5.88. The van der Waals surface area contributed by atoms with Crippen LogP contribution < -0.4 is 0 Å². The highest BCUT2D eigenvalue weighted by Crippen LogP contribution is 2.11. The van der Waals surface area contributed by atoms with Crippen LogP contribution in [0.2, 0.25) is 0 Å². The molecule has 21 heavy (non-hydrogen) atoms. The number of rotatable bonds is 4. The van der Waals surface area contributed by atoms with Gasteiger partial charge in [0.25, 0.3) is 0 Å². The van der Waals surface area contributed by atoms with Crippen LogP contribution in [0.3, 0.4) is 0 Å². The summed E-state index contributed by atoms with van der Waals surface area (Å²) < 4.78 is 0. The first-order valence-corrected chi connectivity index (χ1v) is 9.37. The van der Waals surface area contributed by atoms with Crippen molar-refractivity contribution >= 4 is 23.6 Å². The topological polar surface area (TPSA) is 43.9 Å². The highest BCUT2D eigenvalue weighted by molar-refractivity contribution is 7.99. The van der Waals surface area contributed by atoms with E-state index in [1.165, 1.54) is 12.8 Å². The molecule has 2 aliphatic rings. The zero-order valence-corrected chi connectivity index (χ0v) is 13.9. The first-order chi connectivity index (χ1) is 10.2. The molecule has 0 unspecified atom stereocenters. The third kappa shape index (κ3) is 5.18. The molecule has 120 valence electrons. The van der Waals surface area contributed by atoms with Gasteiger partial charge in [-0.25, -0.2) is 0 Å². The summed E-state index contributed by atoms with van der Waals surface area (Å²) in [6.07, 6.45) is 6.74. The van der Waals surface area contributed by atoms with Gasteiger partial charge in [-0.05, 0) is 19.1 Å². The lowest BCUT2D eigenvalue weighted by atomic mass is 10.2. The molecule has 0 spiro atoms. The maximum Gasteiger partial charge on any atom is 0.236 e. The van der Waals surface area contributed by atoms with E-state index in [0.29, 0.717) is 12.3 Å². The number of amides is 2. The molecule has 2 amide bonds. The molecule has 0 radical (unpaired) electrons. The van der Waals surface area contributed by atoms with Gasteiger partial charge in [0.05, 0.1) is 12.3 Å². The second kappa shape index (κ2) is 8.63. The summed E-state index contributed by atoms with van der Waals surface area (Å²) >= 11 is 1.57. The molecule has 0 aromatic heterocycles. The first kappa shape index (κ1) is 16.6. The highest BCUT2D eigenvalue weighted by atomic mass is 32.2. The van der Waals surface area contributed by atoms with E-state index in [1.807, 2.05) is 16.1 Å². The number of carbonyl (C=O) groups excluding carboxylic acids is 2. The van der Waals surface area contributed by atoms with Gasteiger partial charge in [-0.1, -0.05) is 12.8 Å². The highest BCUT2D eigenvalue weighted by Gasteiger charge is 2.24. The van der Waals surface area contributed by atoms with E-state index >= 15 is 0 Å². The Kier molecular flexibility index (Phi) is 6.83. The van der Waals surface area contributed by atoms with E-state index < -0.39 is 0 Å². The Hall–Kier alpha value is -0.750. The lowest BCUT2D eigenvalue weighted by Gasteiger charge is -2.35. The average Bonchev–Trinajstić information content (AvgIpc) is 2.77. The molecule has 5 nitrogen and oxygen atoms in total. The van der Waals surface area contributed by atoms with Crippen molar-refractivity contribution in [3.63, 3.8) is 0 Å². The van der Waals surface area contributed by atoms with Crippen molar-refractivity contribution in [2.24, 2.45) is 0 Å². The van der Waals surface area contributed by atoms with Crippen LogP contribution in [-0.2, 0) is 9.59 Å². The Morgan fingerprint density at radius 2 is 1.38 bits per heavy atom. The minimum absolute atomic E-state index is 0.223. The number of hydrogen-bond acceptors (Lipinski definition) is 4. The number of thioether (sulfide) groups is 1. The van der Waals surface area contributed by atoms with Crippen LogP contribution in [0, 0.1) is 0 Å². The summed E-state index contributed by atoms with van der Waals surface area (Å²) in [5.74, 6) is 1.05. The maximum absolute atomic E-state index is 12.3. The minimum atomic E-state index is 0.223. The standard InChI is InChI=1S/C15H27N3O2S/c1-21-13-15(20)18-10-8-16(9-11-18)12-14(19)17-6-4-2-3-5-7-17/h2-13H2,1H3. The average molecular weight is 313 g/mol. The third-order valence-electron chi connectivity index (χ3n) is 4.31. The Morgan fingerprint density at radius 3 is 1.95 bits per heavy atom. The summed E-state index contributed by atoms with van der Waals surface area (Å²) in [6, 6.07) is 0. The van der Waals surface area contributed by atoms with Crippen LogP contribution in [-0.4, -0.2) is 84.3 Å². The zero-order chi connectivity index (χ0) is 15.1. The van der Waals surface area contributed by atoms with Gasteiger partial charge in [0.2, 0.25) is 11.8 Å². The fourth-order valence-corrected chi connectivity index (χ4v) is 3.41. The second-order valence-corrected chi connectivity index (χ2v) is 6.75. The van der Waals surface area contributed by atoms with Crippen LogP contribution in [0.5, 0.6) is 0 Å². The Morgan fingerprint density at radius 1 is 0.810 bits per heavy atom. The smallest absolute Gasteiger partial charge is 0.236 e. The summed E-state index contributed by atoms with van der Waals surface area (Å²) in [4.78, 5) is 30.3. The Balaban J connectivity index is 1.72. The van der Waals surface area contributed by atoms with E-state index in [2.05, 4.69) is 4.90 Å². The Bertz CT molecular complexity index is 349. The number of nitrogens with zero attached hydrogens (tertiary/aromatic N) is 3. The number of piperazine rings is 1. The van der Waals surface area contributed by atoms with Gasteiger partial charge in [0, 0.05) is 39.3 Å². The van der Waals surface area contributed by atoms with Crippen molar-refractivity contribution in [3.05, 3.63) is 0 Å². The number of likely N-dealkylation sites (tertiary alicyclic amines) is 1. The van der Waals surface area contributed by atoms with E-state index in [0.717, 1.165) is 52.1 Å². The molecule has 2 fully saturated rings. The largest absolute Gasteiger partial charge is 0.342 e. The summed E-state index contributed by atoms with van der Waals surface area (Å²) in [6.45, 7) is 5.51. The van der Waals surface area contributed by atoms with Crippen LogP contribution in [0.4, 0.5) is 0 Å². The molecule has 0 aliphatic carbocycles. The fourth-order valence-electron chi connectivity index (χ4n) is 2.98. The zero-order valence-electron chi connectivity index (χ0n) is 13.1. The molecule has 0 aromatic carbocycles. The van der Waals surface area contributed by atoms with E-state index in [-0.39, 0.29) is 11.8 Å². The monoisotopic (exact) mass is 313 g/mol. The van der Waals surface area contributed by atoms with Crippen molar-refractivity contribution in [3.8, 4) is 0 Å². The van der Waals surface area contributed by atoms with Crippen LogP contribution >= 0.6 is 11.8 Å². The molecule has 0 atom stereocenters. The van der Waals surface area contributed by atoms with Gasteiger partial charge in [-0.15, -0.1) is 0 Å². The molecule has 0 aromatic rings. The lowest BCUT2D eigenvalue weighted by Crippen LogP contribution is -2.52. The summed E-state index contributed by atoms with van der Waals surface area (Å²) in [5.41, 5.74) is 0. The molecule has 2 saturated heterocycles. The summed E-state index contributed by atoms with van der Waals surface area (Å²) in [5, 5.41) is 0. The van der Waals surface area contributed by atoms with Gasteiger partial charge in [-0.3, -0.25) is 14.5 Å². The molecule has 6 heteroatoms. The molecule has 2 rings (SSSR count). The van der Waals surface area contributed by atoms with Gasteiger partial charge in [0.1, 0.15) is 0 Å². The molecule has 0 N–H and O–H groups in total. The van der Waals surface area contributed by atoms with Gasteiger partial charge < -0.3 is 9.80 Å². The quantitative estimate of drug-likeness (QED) is 0.773. The van der Waals surface area contributed by atoms with Crippen LogP contribution in [0.15, 0.2) is 0 Å². The van der Waals surface area contributed by atoms with Crippen LogP contribution in [0.25, 0.3) is 0 Å². The molecule has 0 saturated carbocycles.